The lowest BCUT2D eigenvalue weighted by Crippen LogP contribution is -2.13. The maximum atomic E-state index is 6.46. The Morgan fingerprint density at radius 3 is 2.68 bits per heavy atom. The van der Waals surface area contributed by atoms with Gasteiger partial charge < -0.3 is 5.73 Å². The Morgan fingerprint density at radius 1 is 1.05 bits per heavy atom. The van der Waals surface area contributed by atoms with Crippen molar-refractivity contribution < 1.29 is 0 Å². The van der Waals surface area contributed by atoms with Crippen LogP contribution < -0.4 is 5.73 Å². The first-order chi connectivity index (χ1) is 9.15. The monoisotopic (exact) mass is 315 g/mol. The molecule has 0 amide bonds. The zero-order valence-corrected chi connectivity index (χ0v) is 12.7. The molecule has 2 aromatic rings. The summed E-state index contributed by atoms with van der Waals surface area (Å²) in [5, 5.41) is 0. The second-order valence-electron chi connectivity index (χ2n) is 5.36. The van der Waals surface area contributed by atoms with Gasteiger partial charge in [-0.1, -0.05) is 40.2 Å². The minimum Gasteiger partial charge on any atom is -0.320 e. The van der Waals surface area contributed by atoms with Crippen molar-refractivity contribution in [3.05, 3.63) is 68.7 Å². The van der Waals surface area contributed by atoms with Gasteiger partial charge in [0.15, 0.2) is 0 Å². The summed E-state index contributed by atoms with van der Waals surface area (Å²) in [5.41, 5.74) is 13.1. The van der Waals surface area contributed by atoms with Crippen molar-refractivity contribution in [2.75, 3.05) is 0 Å². The van der Waals surface area contributed by atoms with E-state index < -0.39 is 0 Å². The largest absolute Gasteiger partial charge is 0.320 e. The van der Waals surface area contributed by atoms with Crippen LogP contribution in [-0.2, 0) is 12.8 Å². The molecule has 0 fully saturated rings. The quantitative estimate of drug-likeness (QED) is 0.878. The minimum atomic E-state index is -0.0385. The van der Waals surface area contributed by atoms with Gasteiger partial charge >= 0.3 is 0 Å². The molecule has 2 N–H and O–H groups in total. The molecule has 0 spiro atoms. The normalized spacial score (nSPS) is 15.3. The number of hydrogen-bond acceptors (Lipinski definition) is 1. The molecule has 3 rings (SSSR count). The van der Waals surface area contributed by atoms with E-state index in [2.05, 4.69) is 59.3 Å². The van der Waals surface area contributed by atoms with Crippen LogP contribution in [0.4, 0.5) is 0 Å². The number of hydrogen-bond donors (Lipinski definition) is 1. The fourth-order valence-corrected chi connectivity index (χ4v) is 3.29. The van der Waals surface area contributed by atoms with Gasteiger partial charge in [0, 0.05) is 4.47 Å². The van der Waals surface area contributed by atoms with Gasteiger partial charge in [-0.25, -0.2) is 0 Å². The van der Waals surface area contributed by atoms with Crippen molar-refractivity contribution in [3.63, 3.8) is 0 Å². The molecule has 1 aliphatic carbocycles. The predicted octanol–water partition coefficient (Wildman–Crippen LogP) is 4.29. The number of rotatable bonds is 2. The van der Waals surface area contributed by atoms with Gasteiger partial charge in [-0.2, -0.15) is 0 Å². The molecule has 98 valence electrons. The van der Waals surface area contributed by atoms with Gasteiger partial charge in [-0.15, -0.1) is 0 Å². The highest BCUT2D eigenvalue weighted by atomic mass is 79.9. The molecule has 0 saturated carbocycles. The van der Waals surface area contributed by atoms with Crippen LogP contribution in [0.25, 0.3) is 0 Å². The summed E-state index contributed by atoms with van der Waals surface area (Å²) in [5.74, 6) is 0. The van der Waals surface area contributed by atoms with E-state index >= 15 is 0 Å². The van der Waals surface area contributed by atoms with E-state index in [4.69, 9.17) is 5.73 Å². The number of halogens is 1. The van der Waals surface area contributed by atoms with Crippen LogP contribution in [0, 0.1) is 6.92 Å². The molecule has 0 bridgehead atoms. The summed E-state index contributed by atoms with van der Waals surface area (Å²) < 4.78 is 1.09. The van der Waals surface area contributed by atoms with Crippen LogP contribution in [0.5, 0.6) is 0 Å². The summed E-state index contributed by atoms with van der Waals surface area (Å²) in [6.07, 6.45) is 3.71. The summed E-state index contributed by atoms with van der Waals surface area (Å²) in [7, 11) is 0. The molecule has 0 saturated heterocycles. The number of fused-ring (bicyclic) bond motifs is 1. The standard InChI is InChI=1S/C17H18BrN/c1-11-5-8-15(18)10-16(11)17(19)14-7-6-12-3-2-4-13(12)9-14/h5-10,17H,2-4,19H2,1H3. The number of nitrogens with two attached hydrogens (primary N) is 1. The van der Waals surface area contributed by atoms with Crippen LogP contribution in [0.3, 0.4) is 0 Å². The Hall–Kier alpha value is -1.12. The lowest BCUT2D eigenvalue weighted by Gasteiger charge is -2.17. The third kappa shape index (κ3) is 2.47. The Balaban J connectivity index is 1.99. The van der Waals surface area contributed by atoms with Gasteiger partial charge in [0.25, 0.3) is 0 Å². The van der Waals surface area contributed by atoms with Crippen LogP contribution in [0.2, 0.25) is 0 Å². The Labute approximate surface area is 123 Å². The van der Waals surface area contributed by atoms with Gasteiger partial charge in [0.05, 0.1) is 6.04 Å². The SMILES string of the molecule is Cc1ccc(Br)cc1C(N)c1ccc2c(c1)CCC2. The van der Waals surface area contributed by atoms with Crippen molar-refractivity contribution in [1.29, 1.82) is 0 Å². The van der Waals surface area contributed by atoms with Crippen molar-refractivity contribution >= 4 is 15.9 Å². The first-order valence-electron chi connectivity index (χ1n) is 6.78. The molecule has 2 aromatic carbocycles. The van der Waals surface area contributed by atoms with Crippen molar-refractivity contribution in [3.8, 4) is 0 Å². The Morgan fingerprint density at radius 2 is 1.84 bits per heavy atom. The van der Waals surface area contributed by atoms with Crippen LogP contribution in [0.1, 0.15) is 40.3 Å². The molecule has 0 aromatic heterocycles. The van der Waals surface area contributed by atoms with Crippen molar-refractivity contribution in [1.82, 2.24) is 0 Å². The Bertz CT molecular complexity index is 619. The first kappa shape index (κ1) is 12.9. The van der Waals surface area contributed by atoms with E-state index in [-0.39, 0.29) is 6.04 Å². The van der Waals surface area contributed by atoms with Crippen molar-refractivity contribution in [2.24, 2.45) is 5.73 Å². The average Bonchev–Trinajstić information content (AvgIpc) is 2.88. The maximum absolute atomic E-state index is 6.46. The fourth-order valence-electron chi connectivity index (χ4n) is 2.91. The number of benzene rings is 2. The van der Waals surface area contributed by atoms with Crippen molar-refractivity contribution in [2.45, 2.75) is 32.2 Å². The fraction of sp³-hybridized carbons (Fsp3) is 0.294. The molecule has 1 atom stereocenters. The van der Waals surface area contributed by atoms with E-state index in [0.29, 0.717) is 0 Å². The zero-order valence-electron chi connectivity index (χ0n) is 11.1. The minimum absolute atomic E-state index is 0.0385. The second-order valence-corrected chi connectivity index (χ2v) is 6.28. The predicted molar refractivity (Wildman–Crippen MR) is 83.4 cm³/mol. The number of aryl methyl sites for hydroxylation is 3. The maximum Gasteiger partial charge on any atom is 0.0554 e. The molecule has 0 heterocycles. The summed E-state index contributed by atoms with van der Waals surface area (Å²) in [6, 6.07) is 13.0. The average molecular weight is 316 g/mol. The second kappa shape index (κ2) is 5.10. The van der Waals surface area contributed by atoms with Gasteiger partial charge in [-0.3, -0.25) is 0 Å². The Kier molecular flexibility index (Phi) is 3.46. The molecule has 1 unspecified atom stereocenters. The van der Waals surface area contributed by atoms with E-state index in [1.165, 1.54) is 47.1 Å². The molecular formula is C17H18BrN. The van der Waals surface area contributed by atoms with Gasteiger partial charge in [0.2, 0.25) is 0 Å². The highest BCUT2D eigenvalue weighted by Crippen LogP contribution is 2.29. The van der Waals surface area contributed by atoms with E-state index in [1.807, 2.05) is 0 Å². The smallest absolute Gasteiger partial charge is 0.0554 e. The van der Waals surface area contributed by atoms with E-state index in [0.717, 1.165) is 4.47 Å². The zero-order chi connectivity index (χ0) is 13.4. The van der Waals surface area contributed by atoms with Crippen LogP contribution >= 0.6 is 15.9 Å². The van der Waals surface area contributed by atoms with Gasteiger partial charge in [-0.05, 0) is 66.1 Å². The summed E-state index contributed by atoms with van der Waals surface area (Å²) >= 11 is 3.53. The molecule has 2 heteroatoms. The molecule has 0 aliphatic heterocycles. The van der Waals surface area contributed by atoms with Gasteiger partial charge in [0.1, 0.15) is 0 Å². The van der Waals surface area contributed by atoms with E-state index in [1.54, 1.807) is 0 Å². The third-order valence-corrected chi connectivity index (χ3v) is 4.55. The molecule has 0 radical (unpaired) electrons. The van der Waals surface area contributed by atoms with Crippen LogP contribution in [-0.4, -0.2) is 0 Å². The molecule has 1 nitrogen and oxygen atoms in total. The van der Waals surface area contributed by atoms with E-state index in [9.17, 15) is 0 Å². The lowest BCUT2D eigenvalue weighted by atomic mass is 9.94. The molecule has 1 aliphatic rings. The molecular weight excluding hydrogens is 298 g/mol. The summed E-state index contributed by atoms with van der Waals surface area (Å²) in [6.45, 7) is 2.12. The highest BCUT2D eigenvalue weighted by Gasteiger charge is 2.16. The lowest BCUT2D eigenvalue weighted by molar-refractivity contribution is 0.857. The van der Waals surface area contributed by atoms with Crippen LogP contribution in [0.15, 0.2) is 40.9 Å². The molecule has 19 heavy (non-hydrogen) atoms. The first-order valence-corrected chi connectivity index (χ1v) is 7.58. The summed E-state index contributed by atoms with van der Waals surface area (Å²) in [4.78, 5) is 0. The highest BCUT2D eigenvalue weighted by molar-refractivity contribution is 9.10. The third-order valence-electron chi connectivity index (χ3n) is 4.06. The topological polar surface area (TPSA) is 26.0 Å².